The van der Waals surface area contributed by atoms with Gasteiger partial charge < -0.3 is 5.32 Å². The first-order valence-electron chi connectivity index (χ1n) is 5.93. The van der Waals surface area contributed by atoms with Crippen molar-refractivity contribution in [1.82, 2.24) is 20.2 Å². The smallest absolute Gasteiger partial charge is 0.224 e. The number of amides is 1. The second-order valence-electron chi connectivity index (χ2n) is 3.95. The highest BCUT2D eigenvalue weighted by Crippen LogP contribution is 2.12. The van der Waals surface area contributed by atoms with E-state index >= 15 is 0 Å². The first-order valence-corrected chi connectivity index (χ1v) is 5.93. The number of aromatic nitrogens is 4. The van der Waals surface area contributed by atoms with Crippen LogP contribution < -0.4 is 5.32 Å². The molecule has 0 unspecified atom stereocenters. The highest BCUT2D eigenvalue weighted by Gasteiger charge is 2.02. The van der Waals surface area contributed by atoms with Gasteiger partial charge in [-0.15, -0.1) is 5.10 Å². The standard InChI is InChI=1S/C12H15N5O/c1-2-3-4-12(18)14-10-5-7-11(8-6-10)17-9-13-15-16-17/h5-9H,2-4H2,1H3,(H,14,18). The normalized spacial score (nSPS) is 10.3. The molecule has 1 heterocycles. The number of unbranched alkanes of at least 4 members (excludes halogenated alkanes) is 1. The Morgan fingerprint density at radius 2 is 2.11 bits per heavy atom. The van der Waals surface area contributed by atoms with Crippen molar-refractivity contribution >= 4 is 11.6 Å². The van der Waals surface area contributed by atoms with Gasteiger partial charge in [-0.1, -0.05) is 13.3 Å². The molecular weight excluding hydrogens is 230 g/mol. The van der Waals surface area contributed by atoms with Crippen LogP contribution in [0.5, 0.6) is 0 Å². The number of nitrogens with one attached hydrogen (secondary N) is 1. The van der Waals surface area contributed by atoms with Gasteiger partial charge in [-0.3, -0.25) is 4.79 Å². The number of carbonyl (C=O) groups is 1. The van der Waals surface area contributed by atoms with Gasteiger partial charge in [0.1, 0.15) is 6.33 Å². The lowest BCUT2D eigenvalue weighted by Crippen LogP contribution is -2.10. The molecule has 0 aliphatic heterocycles. The molecular formula is C12H15N5O. The molecule has 1 amide bonds. The molecule has 0 saturated carbocycles. The van der Waals surface area contributed by atoms with Gasteiger partial charge in [0.15, 0.2) is 0 Å². The van der Waals surface area contributed by atoms with Crippen molar-refractivity contribution in [2.75, 3.05) is 5.32 Å². The SMILES string of the molecule is CCCCC(=O)Nc1ccc(-n2cnnn2)cc1. The summed E-state index contributed by atoms with van der Waals surface area (Å²) in [6.45, 7) is 2.06. The first kappa shape index (κ1) is 12.2. The van der Waals surface area contributed by atoms with Crippen molar-refractivity contribution < 1.29 is 4.79 Å². The predicted octanol–water partition coefficient (Wildman–Crippen LogP) is 1.79. The van der Waals surface area contributed by atoms with Crippen LogP contribution in [0.2, 0.25) is 0 Å². The molecule has 0 aliphatic rings. The summed E-state index contributed by atoms with van der Waals surface area (Å²) in [4.78, 5) is 11.5. The first-order chi connectivity index (χ1) is 8.79. The van der Waals surface area contributed by atoms with Crippen LogP contribution >= 0.6 is 0 Å². The van der Waals surface area contributed by atoms with Crippen LogP contribution in [0.15, 0.2) is 30.6 Å². The van der Waals surface area contributed by atoms with Crippen molar-refractivity contribution in [3.8, 4) is 5.69 Å². The molecule has 1 N–H and O–H groups in total. The maximum atomic E-state index is 11.5. The van der Waals surface area contributed by atoms with Gasteiger partial charge in [0, 0.05) is 12.1 Å². The molecule has 6 nitrogen and oxygen atoms in total. The lowest BCUT2D eigenvalue weighted by atomic mass is 10.2. The zero-order valence-corrected chi connectivity index (χ0v) is 10.2. The van der Waals surface area contributed by atoms with Gasteiger partial charge in [0.25, 0.3) is 0 Å². The molecule has 0 radical (unpaired) electrons. The highest BCUT2D eigenvalue weighted by atomic mass is 16.1. The van der Waals surface area contributed by atoms with Crippen LogP contribution in [0.25, 0.3) is 5.69 Å². The molecule has 0 bridgehead atoms. The minimum atomic E-state index is 0.0482. The summed E-state index contributed by atoms with van der Waals surface area (Å²) in [5.74, 6) is 0.0482. The average Bonchev–Trinajstić information content (AvgIpc) is 2.91. The number of tetrazole rings is 1. The number of anilines is 1. The number of carbonyl (C=O) groups excluding carboxylic acids is 1. The van der Waals surface area contributed by atoms with Crippen LogP contribution in [0, 0.1) is 0 Å². The lowest BCUT2D eigenvalue weighted by Gasteiger charge is -2.05. The molecule has 1 aromatic heterocycles. The van der Waals surface area contributed by atoms with E-state index in [2.05, 4.69) is 27.8 Å². The molecule has 0 spiro atoms. The van der Waals surface area contributed by atoms with Gasteiger partial charge >= 0.3 is 0 Å². The lowest BCUT2D eigenvalue weighted by molar-refractivity contribution is -0.116. The fraction of sp³-hybridized carbons (Fsp3) is 0.333. The number of hydrogen-bond donors (Lipinski definition) is 1. The summed E-state index contributed by atoms with van der Waals surface area (Å²) >= 11 is 0. The Morgan fingerprint density at radius 1 is 1.33 bits per heavy atom. The Balaban J connectivity index is 1.98. The molecule has 1 aromatic carbocycles. The molecule has 94 valence electrons. The van der Waals surface area contributed by atoms with Crippen molar-refractivity contribution in [3.05, 3.63) is 30.6 Å². The summed E-state index contributed by atoms with van der Waals surface area (Å²) < 4.78 is 1.56. The molecule has 18 heavy (non-hydrogen) atoms. The van der Waals surface area contributed by atoms with E-state index < -0.39 is 0 Å². The molecule has 0 aliphatic carbocycles. The zero-order chi connectivity index (χ0) is 12.8. The van der Waals surface area contributed by atoms with Crippen molar-refractivity contribution in [2.24, 2.45) is 0 Å². The summed E-state index contributed by atoms with van der Waals surface area (Å²) in [5, 5.41) is 13.8. The third kappa shape index (κ3) is 3.13. The van der Waals surface area contributed by atoms with E-state index in [-0.39, 0.29) is 5.91 Å². The number of rotatable bonds is 5. The monoisotopic (exact) mass is 245 g/mol. The number of hydrogen-bond acceptors (Lipinski definition) is 4. The second-order valence-corrected chi connectivity index (χ2v) is 3.95. The second kappa shape index (κ2) is 5.90. The van der Waals surface area contributed by atoms with Gasteiger partial charge in [-0.05, 0) is 41.1 Å². The fourth-order valence-electron chi connectivity index (χ4n) is 1.54. The quantitative estimate of drug-likeness (QED) is 0.871. The van der Waals surface area contributed by atoms with E-state index in [0.717, 1.165) is 24.2 Å². The molecule has 0 saturated heterocycles. The topological polar surface area (TPSA) is 72.7 Å². The van der Waals surface area contributed by atoms with E-state index in [1.807, 2.05) is 24.3 Å². The Morgan fingerprint density at radius 3 is 2.72 bits per heavy atom. The maximum Gasteiger partial charge on any atom is 0.224 e. The summed E-state index contributed by atoms with van der Waals surface area (Å²) in [6, 6.07) is 7.37. The van der Waals surface area contributed by atoms with Gasteiger partial charge in [-0.25, -0.2) is 4.68 Å². The van der Waals surface area contributed by atoms with Crippen molar-refractivity contribution in [1.29, 1.82) is 0 Å². The Bertz CT molecular complexity index is 492. The van der Waals surface area contributed by atoms with E-state index in [0.29, 0.717) is 6.42 Å². The Labute approximate surface area is 105 Å². The van der Waals surface area contributed by atoms with Crippen LogP contribution in [-0.4, -0.2) is 26.1 Å². The molecule has 2 rings (SSSR count). The summed E-state index contributed by atoms with van der Waals surface area (Å²) in [7, 11) is 0. The highest BCUT2D eigenvalue weighted by molar-refractivity contribution is 5.90. The molecule has 0 atom stereocenters. The maximum absolute atomic E-state index is 11.5. The summed E-state index contributed by atoms with van der Waals surface area (Å²) in [5.41, 5.74) is 1.64. The van der Waals surface area contributed by atoms with E-state index in [1.165, 1.54) is 6.33 Å². The third-order valence-corrected chi connectivity index (χ3v) is 2.52. The molecule has 6 heteroatoms. The summed E-state index contributed by atoms with van der Waals surface area (Å²) in [6.07, 6.45) is 4.01. The number of nitrogens with zero attached hydrogens (tertiary/aromatic N) is 4. The van der Waals surface area contributed by atoms with Crippen molar-refractivity contribution in [3.63, 3.8) is 0 Å². The Kier molecular flexibility index (Phi) is 4.01. The third-order valence-electron chi connectivity index (χ3n) is 2.52. The molecule has 2 aromatic rings. The van der Waals surface area contributed by atoms with Gasteiger partial charge in [0.2, 0.25) is 5.91 Å². The van der Waals surface area contributed by atoms with Crippen LogP contribution in [-0.2, 0) is 4.79 Å². The van der Waals surface area contributed by atoms with E-state index in [1.54, 1.807) is 4.68 Å². The predicted molar refractivity (Wildman–Crippen MR) is 67.3 cm³/mol. The van der Waals surface area contributed by atoms with Crippen molar-refractivity contribution in [2.45, 2.75) is 26.2 Å². The number of benzene rings is 1. The van der Waals surface area contributed by atoms with Crippen LogP contribution in [0.1, 0.15) is 26.2 Å². The van der Waals surface area contributed by atoms with E-state index in [9.17, 15) is 4.79 Å². The zero-order valence-electron chi connectivity index (χ0n) is 10.2. The van der Waals surface area contributed by atoms with Gasteiger partial charge in [0.05, 0.1) is 5.69 Å². The van der Waals surface area contributed by atoms with Gasteiger partial charge in [-0.2, -0.15) is 0 Å². The minimum Gasteiger partial charge on any atom is -0.326 e. The fourth-order valence-corrected chi connectivity index (χ4v) is 1.54. The Hall–Kier alpha value is -2.24. The van der Waals surface area contributed by atoms with E-state index in [4.69, 9.17) is 0 Å². The van der Waals surface area contributed by atoms with Crippen LogP contribution in [0.3, 0.4) is 0 Å². The molecule has 0 fully saturated rings. The van der Waals surface area contributed by atoms with Crippen LogP contribution in [0.4, 0.5) is 5.69 Å². The average molecular weight is 245 g/mol. The largest absolute Gasteiger partial charge is 0.326 e. The minimum absolute atomic E-state index is 0.0482.